The highest BCUT2D eigenvalue weighted by Crippen LogP contribution is 2.34. The van der Waals surface area contributed by atoms with Crippen molar-refractivity contribution >= 4 is 23.5 Å². The molecule has 1 rings (SSSR count). The van der Waals surface area contributed by atoms with Crippen LogP contribution in [0.25, 0.3) is 0 Å². The van der Waals surface area contributed by atoms with Gasteiger partial charge in [-0.05, 0) is 42.9 Å². The first-order valence-corrected chi connectivity index (χ1v) is 8.44. The zero-order valence-corrected chi connectivity index (χ0v) is 12.1. The first kappa shape index (κ1) is 13.7. The van der Waals surface area contributed by atoms with Crippen LogP contribution in [-0.4, -0.2) is 35.6 Å². The van der Waals surface area contributed by atoms with Gasteiger partial charge < -0.3 is 5.32 Å². The Morgan fingerprint density at radius 3 is 2.87 bits per heavy atom. The van der Waals surface area contributed by atoms with E-state index in [9.17, 15) is 0 Å². The molecule has 1 fully saturated rings. The fourth-order valence-electron chi connectivity index (χ4n) is 1.93. The molecule has 0 aromatic carbocycles. The number of hydrogen-bond donors (Lipinski definition) is 1. The van der Waals surface area contributed by atoms with Gasteiger partial charge in [0.2, 0.25) is 0 Å². The quantitative estimate of drug-likeness (QED) is 0.801. The van der Waals surface area contributed by atoms with Gasteiger partial charge in [-0.2, -0.15) is 23.5 Å². The van der Waals surface area contributed by atoms with Gasteiger partial charge in [0, 0.05) is 17.8 Å². The average molecular weight is 247 g/mol. The Morgan fingerprint density at radius 1 is 1.53 bits per heavy atom. The van der Waals surface area contributed by atoms with Gasteiger partial charge in [0.1, 0.15) is 0 Å². The molecule has 0 bridgehead atoms. The molecule has 1 N–H and O–H groups in total. The van der Waals surface area contributed by atoms with E-state index in [1.54, 1.807) is 0 Å². The molecule has 2 atom stereocenters. The predicted octanol–water partition coefficient (Wildman–Crippen LogP) is 3.25. The van der Waals surface area contributed by atoms with Crippen molar-refractivity contribution in [3.63, 3.8) is 0 Å². The van der Waals surface area contributed by atoms with E-state index in [1.807, 2.05) is 11.8 Å². The summed E-state index contributed by atoms with van der Waals surface area (Å²) in [5.41, 5.74) is 0.485. The Hall–Kier alpha value is 0.660. The van der Waals surface area contributed by atoms with Crippen LogP contribution in [0.4, 0.5) is 0 Å². The Bertz CT molecular complexity index is 182. The molecule has 0 radical (unpaired) electrons. The van der Waals surface area contributed by atoms with Crippen LogP contribution in [0.2, 0.25) is 0 Å². The Kier molecular flexibility index (Phi) is 5.86. The van der Waals surface area contributed by atoms with Gasteiger partial charge in [-0.3, -0.25) is 0 Å². The third-order valence-electron chi connectivity index (χ3n) is 3.36. The number of nitrogens with one attached hydrogen (secondary N) is 1. The highest BCUT2D eigenvalue weighted by atomic mass is 32.2. The highest BCUT2D eigenvalue weighted by molar-refractivity contribution is 7.99. The van der Waals surface area contributed by atoms with Gasteiger partial charge in [-0.15, -0.1) is 0 Å². The summed E-state index contributed by atoms with van der Waals surface area (Å²) in [5, 5.41) is 3.81. The second kappa shape index (κ2) is 6.41. The van der Waals surface area contributed by atoms with Crippen LogP contribution in [0.1, 0.15) is 33.6 Å². The summed E-state index contributed by atoms with van der Waals surface area (Å²) in [6.45, 7) is 7.14. The van der Waals surface area contributed by atoms with Gasteiger partial charge in [-0.1, -0.05) is 13.8 Å². The minimum absolute atomic E-state index is 0.485. The summed E-state index contributed by atoms with van der Waals surface area (Å²) >= 11 is 4.05. The molecular formula is C12H25NS2. The van der Waals surface area contributed by atoms with Crippen LogP contribution in [0, 0.1) is 5.41 Å². The third kappa shape index (κ3) is 4.58. The van der Waals surface area contributed by atoms with Crippen LogP contribution in [0.15, 0.2) is 0 Å². The first-order valence-electron chi connectivity index (χ1n) is 5.89. The van der Waals surface area contributed by atoms with E-state index < -0.39 is 0 Å². The minimum atomic E-state index is 0.485. The van der Waals surface area contributed by atoms with Crippen molar-refractivity contribution in [3.05, 3.63) is 0 Å². The van der Waals surface area contributed by atoms with Crippen molar-refractivity contribution in [1.82, 2.24) is 5.32 Å². The molecule has 15 heavy (non-hydrogen) atoms. The van der Waals surface area contributed by atoms with E-state index in [4.69, 9.17) is 0 Å². The Balaban J connectivity index is 2.34. The van der Waals surface area contributed by atoms with Gasteiger partial charge >= 0.3 is 0 Å². The third-order valence-corrected chi connectivity index (χ3v) is 5.07. The lowest BCUT2D eigenvalue weighted by molar-refractivity contribution is 0.230. The van der Waals surface area contributed by atoms with E-state index >= 15 is 0 Å². The highest BCUT2D eigenvalue weighted by Gasteiger charge is 2.32. The standard InChI is InChI=1S/C12H25NS2/c1-10(5-7-14-4)13-11-9-15-8-6-12(11,2)3/h10-11,13H,5-9H2,1-4H3. The summed E-state index contributed by atoms with van der Waals surface area (Å²) in [4.78, 5) is 0. The largest absolute Gasteiger partial charge is 0.310 e. The molecule has 3 heteroatoms. The zero-order valence-electron chi connectivity index (χ0n) is 10.5. The summed E-state index contributed by atoms with van der Waals surface area (Å²) in [6.07, 6.45) is 4.83. The molecule has 1 aliphatic rings. The average Bonchev–Trinajstić information content (AvgIpc) is 2.18. The summed E-state index contributed by atoms with van der Waals surface area (Å²) in [7, 11) is 0. The fourth-order valence-corrected chi connectivity index (χ4v) is 4.14. The molecule has 1 aliphatic heterocycles. The molecule has 0 amide bonds. The zero-order chi connectivity index (χ0) is 11.3. The topological polar surface area (TPSA) is 12.0 Å². The van der Waals surface area contributed by atoms with E-state index in [1.165, 1.54) is 30.1 Å². The lowest BCUT2D eigenvalue weighted by atomic mass is 9.82. The van der Waals surface area contributed by atoms with Crippen molar-refractivity contribution in [3.8, 4) is 0 Å². The SMILES string of the molecule is CSCCC(C)NC1CSCCC1(C)C. The lowest BCUT2D eigenvalue weighted by Crippen LogP contribution is -2.49. The molecule has 1 heterocycles. The molecule has 0 saturated carbocycles. The summed E-state index contributed by atoms with van der Waals surface area (Å²) in [6, 6.07) is 1.37. The summed E-state index contributed by atoms with van der Waals surface area (Å²) < 4.78 is 0. The molecule has 0 aliphatic carbocycles. The number of thioether (sulfide) groups is 2. The smallest absolute Gasteiger partial charge is 0.0212 e. The summed E-state index contributed by atoms with van der Waals surface area (Å²) in [5.74, 6) is 3.90. The van der Waals surface area contributed by atoms with Crippen LogP contribution < -0.4 is 5.32 Å². The normalized spacial score (nSPS) is 27.6. The van der Waals surface area contributed by atoms with Crippen LogP contribution in [0.3, 0.4) is 0 Å². The monoisotopic (exact) mass is 247 g/mol. The van der Waals surface area contributed by atoms with E-state index in [2.05, 4.69) is 44.1 Å². The van der Waals surface area contributed by atoms with Crippen molar-refractivity contribution in [2.75, 3.05) is 23.5 Å². The second-order valence-corrected chi connectivity index (χ2v) is 7.35. The van der Waals surface area contributed by atoms with Gasteiger partial charge in [-0.25, -0.2) is 0 Å². The molecule has 1 saturated heterocycles. The molecule has 0 aromatic rings. The van der Waals surface area contributed by atoms with E-state index in [-0.39, 0.29) is 0 Å². The Morgan fingerprint density at radius 2 is 2.27 bits per heavy atom. The van der Waals surface area contributed by atoms with Crippen molar-refractivity contribution in [2.45, 2.75) is 45.7 Å². The van der Waals surface area contributed by atoms with Crippen LogP contribution >= 0.6 is 23.5 Å². The minimum Gasteiger partial charge on any atom is -0.310 e. The second-order valence-electron chi connectivity index (χ2n) is 5.22. The van der Waals surface area contributed by atoms with Crippen LogP contribution in [-0.2, 0) is 0 Å². The number of hydrogen-bond acceptors (Lipinski definition) is 3. The van der Waals surface area contributed by atoms with Crippen molar-refractivity contribution in [2.24, 2.45) is 5.41 Å². The van der Waals surface area contributed by atoms with E-state index in [0.717, 1.165) is 0 Å². The van der Waals surface area contributed by atoms with E-state index in [0.29, 0.717) is 17.5 Å². The molecular weight excluding hydrogens is 222 g/mol. The molecule has 1 nitrogen and oxygen atoms in total. The predicted molar refractivity (Wildman–Crippen MR) is 75.1 cm³/mol. The lowest BCUT2D eigenvalue weighted by Gasteiger charge is -2.40. The van der Waals surface area contributed by atoms with Gasteiger partial charge in [0.25, 0.3) is 0 Å². The molecule has 90 valence electrons. The maximum atomic E-state index is 3.81. The first-order chi connectivity index (χ1) is 7.06. The molecule has 2 unspecified atom stereocenters. The number of rotatable bonds is 5. The van der Waals surface area contributed by atoms with Crippen molar-refractivity contribution in [1.29, 1.82) is 0 Å². The maximum Gasteiger partial charge on any atom is 0.0212 e. The molecule has 0 aromatic heterocycles. The maximum absolute atomic E-state index is 3.81. The van der Waals surface area contributed by atoms with Gasteiger partial charge in [0.05, 0.1) is 0 Å². The Labute approximate surface area is 104 Å². The van der Waals surface area contributed by atoms with Crippen LogP contribution in [0.5, 0.6) is 0 Å². The fraction of sp³-hybridized carbons (Fsp3) is 1.00. The van der Waals surface area contributed by atoms with Crippen molar-refractivity contribution < 1.29 is 0 Å². The van der Waals surface area contributed by atoms with Gasteiger partial charge in [0.15, 0.2) is 0 Å². The molecule has 0 spiro atoms.